The van der Waals surface area contributed by atoms with Crippen molar-refractivity contribution in [1.82, 2.24) is 5.32 Å². The van der Waals surface area contributed by atoms with Crippen molar-refractivity contribution in [2.24, 2.45) is 0 Å². The third-order valence-electron chi connectivity index (χ3n) is 3.09. The van der Waals surface area contributed by atoms with Gasteiger partial charge in [-0.05, 0) is 27.7 Å². The largest absolute Gasteiger partial charge is 0.479 e. The van der Waals surface area contributed by atoms with Crippen molar-refractivity contribution in [2.45, 2.75) is 51.0 Å². The van der Waals surface area contributed by atoms with Crippen molar-refractivity contribution in [3.05, 3.63) is 0 Å². The van der Waals surface area contributed by atoms with Gasteiger partial charge in [0.15, 0.2) is 0 Å². The van der Waals surface area contributed by atoms with Crippen LogP contribution in [0.5, 0.6) is 0 Å². The molecule has 0 aromatic heterocycles. The van der Waals surface area contributed by atoms with Crippen LogP contribution in [0.25, 0.3) is 0 Å². The van der Waals surface area contributed by atoms with Gasteiger partial charge in [0.2, 0.25) is 5.60 Å². The van der Waals surface area contributed by atoms with Gasteiger partial charge in [-0.3, -0.25) is 4.79 Å². The van der Waals surface area contributed by atoms with E-state index < -0.39 is 53.7 Å². The summed E-state index contributed by atoms with van der Waals surface area (Å²) in [7, 11) is 0. The Morgan fingerprint density at radius 1 is 0.833 bits per heavy atom. The Bertz CT molecular complexity index is 632. The van der Waals surface area contributed by atoms with Crippen LogP contribution in [0, 0.1) is 0 Å². The highest BCUT2D eigenvalue weighted by Gasteiger charge is 2.58. The fourth-order valence-electron chi connectivity index (χ4n) is 1.19. The first-order valence-corrected chi connectivity index (χ1v) is 8.04. The maximum absolute atomic E-state index is 12.5. The minimum atomic E-state index is -5.85. The zero-order valence-corrected chi connectivity index (χ0v) is 16.3. The standard InChI is InChI=1S/C9H12F5NO4.C6H10O5/c1-3-19-6(17)7(2,18)5(16)15-4-8(10,11)9(12,13)14;1-3-11-5(9)6(2,10)4(7)8/h18H,3-4H2,1-2H3,(H,15,16);10H,3H2,1-2H3,(H,7,8). The number of ether oxygens (including phenoxy) is 2. The minimum Gasteiger partial charge on any atom is -0.479 e. The normalized spacial score (nSPS) is 15.4. The van der Waals surface area contributed by atoms with E-state index in [1.165, 1.54) is 13.8 Å². The molecule has 0 aliphatic carbocycles. The Morgan fingerprint density at radius 2 is 1.20 bits per heavy atom. The lowest BCUT2D eigenvalue weighted by Crippen LogP contribution is -2.55. The third kappa shape index (κ3) is 8.44. The molecule has 0 radical (unpaired) electrons. The third-order valence-corrected chi connectivity index (χ3v) is 3.09. The molecule has 0 saturated heterocycles. The molecule has 4 N–H and O–H groups in total. The Balaban J connectivity index is 0. The predicted octanol–water partition coefficient (Wildman–Crippen LogP) is -0.000600. The summed E-state index contributed by atoms with van der Waals surface area (Å²) in [5, 5.41) is 27.7. The van der Waals surface area contributed by atoms with Gasteiger partial charge in [-0.15, -0.1) is 0 Å². The predicted molar refractivity (Wildman–Crippen MR) is 86.2 cm³/mol. The summed E-state index contributed by atoms with van der Waals surface area (Å²) in [6, 6.07) is 0. The smallest absolute Gasteiger partial charge is 0.455 e. The molecule has 176 valence electrons. The number of carbonyl (C=O) groups is 4. The fourth-order valence-corrected chi connectivity index (χ4v) is 1.19. The summed E-state index contributed by atoms with van der Waals surface area (Å²) in [6.45, 7) is 2.10. The van der Waals surface area contributed by atoms with E-state index >= 15 is 0 Å². The topological polar surface area (TPSA) is 159 Å². The number of esters is 2. The lowest BCUT2D eigenvalue weighted by atomic mass is 10.1. The number of amides is 1. The molecule has 2 unspecified atom stereocenters. The zero-order chi connectivity index (χ0) is 24.6. The van der Waals surface area contributed by atoms with Crippen molar-refractivity contribution in [3.63, 3.8) is 0 Å². The van der Waals surface area contributed by atoms with Gasteiger partial charge in [0.05, 0.1) is 19.8 Å². The SMILES string of the molecule is CCOC(=O)C(C)(O)C(=O)NCC(F)(F)C(F)(F)F.CCOC(=O)C(C)(O)C(=O)O. The molecule has 0 spiro atoms. The molecule has 1 amide bonds. The van der Waals surface area contributed by atoms with Gasteiger partial charge in [0, 0.05) is 0 Å². The first-order chi connectivity index (χ1) is 13.3. The van der Waals surface area contributed by atoms with E-state index in [2.05, 4.69) is 9.47 Å². The maximum Gasteiger partial charge on any atom is 0.455 e. The molecule has 2 atom stereocenters. The van der Waals surface area contributed by atoms with E-state index in [4.69, 9.17) is 10.2 Å². The van der Waals surface area contributed by atoms with Gasteiger partial charge in [0.1, 0.15) is 0 Å². The van der Waals surface area contributed by atoms with Gasteiger partial charge in [0.25, 0.3) is 11.5 Å². The highest BCUT2D eigenvalue weighted by atomic mass is 19.4. The molecule has 0 aromatic carbocycles. The summed E-state index contributed by atoms with van der Waals surface area (Å²) >= 11 is 0. The van der Waals surface area contributed by atoms with Crippen molar-refractivity contribution < 1.29 is 65.9 Å². The molecule has 0 aliphatic heterocycles. The van der Waals surface area contributed by atoms with Crippen LogP contribution in [0.1, 0.15) is 27.7 Å². The first-order valence-electron chi connectivity index (χ1n) is 8.04. The lowest BCUT2D eigenvalue weighted by molar-refractivity contribution is -0.278. The van der Waals surface area contributed by atoms with Crippen LogP contribution in [0.3, 0.4) is 0 Å². The molecule has 15 heteroatoms. The van der Waals surface area contributed by atoms with Crippen LogP contribution >= 0.6 is 0 Å². The first kappa shape index (κ1) is 29.6. The molecule has 0 aromatic rings. The molecule has 30 heavy (non-hydrogen) atoms. The number of aliphatic carboxylic acids is 1. The average Bonchev–Trinajstić information content (AvgIpc) is 2.59. The summed E-state index contributed by atoms with van der Waals surface area (Å²) in [4.78, 5) is 43.1. The number of rotatable bonds is 8. The number of hydrogen-bond acceptors (Lipinski definition) is 8. The molecule has 0 aliphatic rings. The summed E-state index contributed by atoms with van der Waals surface area (Å²) in [5.74, 6) is -11.1. The number of alkyl halides is 5. The van der Waals surface area contributed by atoms with Crippen molar-refractivity contribution >= 4 is 23.8 Å². The Morgan fingerprint density at radius 3 is 1.50 bits per heavy atom. The van der Waals surface area contributed by atoms with E-state index in [1.807, 2.05) is 0 Å². The number of carboxylic acids is 1. The molecular weight excluding hydrogens is 433 g/mol. The molecular formula is C15H22F5NO9. The second-order valence-electron chi connectivity index (χ2n) is 5.78. The van der Waals surface area contributed by atoms with Gasteiger partial charge in [-0.2, -0.15) is 22.0 Å². The van der Waals surface area contributed by atoms with E-state index in [0.29, 0.717) is 6.92 Å². The number of hydrogen-bond donors (Lipinski definition) is 4. The number of halogens is 5. The van der Waals surface area contributed by atoms with Crippen LogP contribution in [-0.4, -0.2) is 82.2 Å². The monoisotopic (exact) mass is 455 g/mol. The van der Waals surface area contributed by atoms with Gasteiger partial charge >= 0.3 is 30.0 Å². The van der Waals surface area contributed by atoms with Gasteiger partial charge < -0.3 is 30.1 Å². The molecule has 0 heterocycles. The molecule has 10 nitrogen and oxygen atoms in total. The van der Waals surface area contributed by atoms with Crippen LogP contribution in [0.15, 0.2) is 0 Å². The second-order valence-corrected chi connectivity index (χ2v) is 5.78. The Labute approximate surface area is 166 Å². The van der Waals surface area contributed by atoms with Gasteiger partial charge in [-0.25, -0.2) is 14.4 Å². The number of nitrogens with one attached hydrogen (secondary N) is 1. The quantitative estimate of drug-likeness (QED) is 0.224. The molecule has 0 saturated carbocycles. The maximum atomic E-state index is 12.5. The summed E-state index contributed by atoms with van der Waals surface area (Å²) in [5.41, 5.74) is -5.28. The van der Waals surface area contributed by atoms with Crippen LogP contribution < -0.4 is 5.32 Å². The number of aliphatic hydroxyl groups is 2. The molecule has 0 rings (SSSR count). The highest BCUT2D eigenvalue weighted by Crippen LogP contribution is 2.34. The van der Waals surface area contributed by atoms with Crippen LogP contribution in [0.4, 0.5) is 22.0 Å². The van der Waals surface area contributed by atoms with E-state index in [0.717, 1.165) is 12.2 Å². The highest BCUT2D eigenvalue weighted by molar-refractivity contribution is 6.05. The van der Waals surface area contributed by atoms with Crippen molar-refractivity contribution in [3.8, 4) is 0 Å². The van der Waals surface area contributed by atoms with Gasteiger partial charge in [-0.1, -0.05) is 0 Å². The summed E-state index contributed by atoms with van der Waals surface area (Å²) < 4.78 is 69.0. The minimum absolute atomic E-state index is 0.0439. The summed E-state index contributed by atoms with van der Waals surface area (Å²) in [6.07, 6.45) is -5.85. The average molecular weight is 455 g/mol. The van der Waals surface area contributed by atoms with Crippen molar-refractivity contribution in [1.29, 1.82) is 0 Å². The Kier molecular flexibility index (Phi) is 10.9. The molecule has 0 bridgehead atoms. The van der Waals surface area contributed by atoms with E-state index in [-0.39, 0.29) is 13.2 Å². The molecule has 0 fully saturated rings. The second kappa shape index (κ2) is 11.0. The van der Waals surface area contributed by atoms with Crippen LogP contribution in [0.2, 0.25) is 0 Å². The van der Waals surface area contributed by atoms with Crippen molar-refractivity contribution in [2.75, 3.05) is 19.8 Å². The Hall–Kier alpha value is -2.55. The van der Waals surface area contributed by atoms with Crippen LogP contribution in [-0.2, 0) is 28.7 Å². The number of carbonyl (C=O) groups excluding carboxylic acids is 3. The zero-order valence-electron chi connectivity index (χ0n) is 16.3. The fraction of sp³-hybridized carbons (Fsp3) is 0.733. The number of carboxylic acid groups (broad SMARTS) is 1. The van der Waals surface area contributed by atoms with E-state index in [9.17, 15) is 46.2 Å². The van der Waals surface area contributed by atoms with E-state index in [1.54, 1.807) is 0 Å². The lowest BCUT2D eigenvalue weighted by Gasteiger charge is -2.23.